The quantitative estimate of drug-likeness (QED) is 0.153. The highest BCUT2D eigenvalue weighted by atomic mass is 32.2. The van der Waals surface area contributed by atoms with E-state index in [4.69, 9.17) is 9.72 Å². The summed E-state index contributed by atoms with van der Waals surface area (Å²) < 4.78 is 7.99. The number of hydrogen-bond donors (Lipinski definition) is 1. The number of thioether (sulfide) groups is 1. The molecule has 0 atom stereocenters. The molecule has 0 radical (unpaired) electrons. The molecule has 0 saturated heterocycles. The van der Waals surface area contributed by atoms with Crippen molar-refractivity contribution in [2.75, 3.05) is 5.75 Å². The lowest BCUT2D eigenvalue weighted by molar-refractivity contribution is -0.118. The number of rotatable bonds is 9. The molecule has 1 aromatic heterocycles. The first-order valence-corrected chi connectivity index (χ1v) is 12.5. The van der Waals surface area contributed by atoms with Gasteiger partial charge in [0.1, 0.15) is 11.5 Å². The van der Waals surface area contributed by atoms with Gasteiger partial charge in [0.05, 0.1) is 29.5 Å². The van der Waals surface area contributed by atoms with Gasteiger partial charge in [-0.05, 0) is 47.5 Å². The van der Waals surface area contributed by atoms with Crippen molar-refractivity contribution in [2.45, 2.75) is 11.7 Å². The number of nitrogens with one attached hydrogen (secondary N) is 1. The molecule has 6 nitrogen and oxygen atoms in total. The number of fused-ring (bicyclic) bond motifs is 1. The summed E-state index contributed by atoms with van der Waals surface area (Å²) in [4.78, 5) is 17.2. The molecule has 5 rings (SSSR count). The maximum absolute atomic E-state index is 12.5. The molecule has 0 unspecified atom stereocenters. The Morgan fingerprint density at radius 1 is 0.889 bits per heavy atom. The maximum Gasteiger partial charge on any atom is 0.250 e. The minimum atomic E-state index is -0.203. The molecule has 0 fully saturated rings. The van der Waals surface area contributed by atoms with Crippen molar-refractivity contribution in [1.29, 1.82) is 0 Å². The maximum atomic E-state index is 12.5. The van der Waals surface area contributed by atoms with Gasteiger partial charge in [-0.1, -0.05) is 84.6 Å². The zero-order chi connectivity index (χ0) is 24.6. The van der Waals surface area contributed by atoms with Crippen molar-refractivity contribution in [3.8, 4) is 11.5 Å². The predicted octanol–water partition coefficient (Wildman–Crippen LogP) is 6.12. The number of carbonyl (C=O) groups is 1. The van der Waals surface area contributed by atoms with Gasteiger partial charge in [0.2, 0.25) is 0 Å². The monoisotopic (exact) mass is 492 g/mol. The van der Waals surface area contributed by atoms with Crippen molar-refractivity contribution < 1.29 is 9.53 Å². The lowest BCUT2D eigenvalue weighted by atomic mass is 10.2. The Bertz CT molecular complexity index is 1480. The number of carbonyl (C=O) groups excluding carboxylic acids is 1. The van der Waals surface area contributed by atoms with E-state index in [0.29, 0.717) is 12.3 Å². The smallest absolute Gasteiger partial charge is 0.250 e. The van der Waals surface area contributed by atoms with Crippen LogP contribution in [-0.2, 0) is 11.3 Å². The van der Waals surface area contributed by atoms with Crippen LogP contribution in [0.25, 0.3) is 11.0 Å². The molecule has 0 saturated carbocycles. The molecule has 0 aliphatic heterocycles. The first-order chi connectivity index (χ1) is 17.7. The van der Waals surface area contributed by atoms with Crippen LogP contribution in [0.5, 0.6) is 11.5 Å². The van der Waals surface area contributed by atoms with Crippen LogP contribution in [0.2, 0.25) is 0 Å². The highest BCUT2D eigenvalue weighted by molar-refractivity contribution is 7.99. The Hall–Kier alpha value is -4.36. The molecule has 1 heterocycles. The van der Waals surface area contributed by atoms with Gasteiger partial charge in [0.25, 0.3) is 5.91 Å². The van der Waals surface area contributed by atoms with E-state index in [9.17, 15) is 4.79 Å². The molecule has 36 heavy (non-hydrogen) atoms. The lowest BCUT2D eigenvalue weighted by Gasteiger charge is -2.09. The van der Waals surface area contributed by atoms with Gasteiger partial charge in [0, 0.05) is 0 Å². The van der Waals surface area contributed by atoms with Crippen LogP contribution in [0.1, 0.15) is 11.1 Å². The third kappa shape index (κ3) is 6.00. The molecule has 0 aliphatic carbocycles. The second-order valence-electron chi connectivity index (χ2n) is 8.02. The van der Waals surface area contributed by atoms with Crippen molar-refractivity contribution >= 4 is 34.9 Å². The summed E-state index contributed by atoms with van der Waals surface area (Å²) in [6, 6.07) is 35.3. The van der Waals surface area contributed by atoms with E-state index in [2.05, 4.69) is 33.3 Å². The first kappa shape index (κ1) is 23.4. The number of nitrogens with zero attached hydrogens (tertiary/aromatic N) is 3. The number of amides is 1. The van der Waals surface area contributed by atoms with Crippen LogP contribution in [-0.4, -0.2) is 27.4 Å². The van der Waals surface area contributed by atoms with E-state index in [1.54, 1.807) is 6.21 Å². The molecule has 178 valence electrons. The van der Waals surface area contributed by atoms with Crippen LogP contribution in [0, 0.1) is 0 Å². The van der Waals surface area contributed by atoms with Crippen LogP contribution >= 0.6 is 11.8 Å². The highest BCUT2D eigenvalue weighted by Crippen LogP contribution is 2.25. The van der Waals surface area contributed by atoms with Crippen LogP contribution in [0.3, 0.4) is 0 Å². The van der Waals surface area contributed by atoms with Crippen molar-refractivity contribution in [3.63, 3.8) is 0 Å². The molecular formula is C29H24N4O2S. The van der Waals surface area contributed by atoms with Gasteiger partial charge in [-0.2, -0.15) is 5.10 Å². The van der Waals surface area contributed by atoms with Crippen molar-refractivity contribution in [3.05, 3.63) is 120 Å². The largest absolute Gasteiger partial charge is 0.457 e. The number of hydrazone groups is 1. The Morgan fingerprint density at radius 2 is 1.61 bits per heavy atom. The van der Waals surface area contributed by atoms with Gasteiger partial charge < -0.3 is 9.30 Å². The summed E-state index contributed by atoms with van der Waals surface area (Å²) in [5.74, 6) is 1.46. The fourth-order valence-electron chi connectivity index (χ4n) is 3.71. The van der Waals surface area contributed by atoms with E-state index in [0.717, 1.165) is 27.5 Å². The van der Waals surface area contributed by atoms with Gasteiger partial charge in [-0.3, -0.25) is 4.79 Å². The molecule has 0 bridgehead atoms. The molecule has 1 amide bonds. The second kappa shape index (κ2) is 11.4. The summed E-state index contributed by atoms with van der Waals surface area (Å²) in [7, 11) is 0. The van der Waals surface area contributed by atoms with E-state index in [1.807, 2.05) is 91.0 Å². The van der Waals surface area contributed by atoms with Crippen molar-refractivity contribution in [2.24, 2.45) is 5.10 Å². The van der Waals surface area contributed by atoms with Crippen molar-refractivity contribution in [1.82, 2.24) is 15.0 Å². The lowest BCUT2D eigenvalue weighted by Crippen LogP contribution is -2.20. The third-order valence-electron chi connectivity index (χ3n) is 5.38. The number of benzene rings is 4. The number of imidazole rings is 1. The summed E-state index contributed by atoms with van der Waals surface area (Å²) >= 11 is 1.40. The van der Waals surface area contributed by atoms with E-state index in [1.165, 1.54) is 17.3 Å². The third-order valence-corrected chi connectivity index (χ3v) is 6.35. The average molecular weight is 493 g/mol. The highest BCUT2D eigenvalue weighted by Gasteiger charge is 2.13. The van der Waals surface area contributed by atoms with Crippen LogP contribution in [0.4, 0.5) is 0 Å². The SMILES string of the molecule is O=C(CSc1nc2ccccc2n1Cc1ccccc1)N/N=C\c1cccc(Oc2ccccc2)c1. The van der Waals surface area contributed by atoms with E-state index < -0.39 is 0 Å². The summed E-state index contributed by atoms with van der Waals surface area (Å²) in [6.07, 6.45) is 1.60. The summed E-state index contributed by atoms with van der Waals surface area (Å²) in [6.45, 7) is 0.685. The van der Waals surface area contributed by atoms with Gasteiger partial charge in [0.15, 0.2) is 5.16 Å². The van der Waals surface area contributed by atoms with E-state index >= 15 is 0 Å². The molecule has 4 aromatic carbocycles. The molecule has 0 spiro atoms. The van der Waals surface area contributed by atoms with E-state index in [-0.39, 0.29) is 11.7 Å². The first-order valence-electron chi connectivity index (χ1n) is 11.5. The minimum absolute atomic E-state index is 0.201. The average Bonchev–Trinajstić information content (AvgIpc) is 3.26. The Labute approximate surface area is 213 Å². The number of aromatic nitrogens is 2. The second-order valence-corrected chi connectivity index (χ2v) is 8.97. The number of hydrogen-bond acceptors (Lipinski definition) is 5. The molecule has 1 N–H and O–H groups in total. The topological polar surface area (TPSA) is 68.5 Å². The molecule has 0 aliphatic rings. The Balaban J connectivity index is 1.21. The fourth-order valence-corrected chi connectivity index (χ4v) is 4.51. The zero-order valence-corrected chi connectivity index (χ0v) is 20.3. The van der Waals surface area contributed by atoms with Gasteiger partial charge >= 0.3 is 0 Å². The van der Waals surface area contributed by atoms with Crippen LogP contribution < -0.4 is 10.2 Å². The number of ether oxygens (including phenoxy) is 1. The fraction of sp³-hybridized carbons (Fsp3) is 0.0690. The van der Waals surface area contributed by atoms with Crippen LogP contribution in [0.15, 0.2) is 119 Å². The molecule has 5 aromatic rings. The molecular weight excluding hydrogens is 468 g/mol. The Kier molecular flexibility index (Phi) is 7.39. The van der Waals surface area contributed by atoms with Gasteiger partial charge in [-0.25, -0.2) is 10.4 Å². The standard InChI is InChI=1S/C29H24N4O2S/c34-28(32-30-19-23-12-9-15-25(18-23)35-24-13-5-2-6-14-24)21-36-29-31-26-16-7-8-17-27(26)33(29)20-22-10-3-1-4-11-22/h1-19H,20-21H2,(H,32,34)/b30-19-. The number of para-hydroxylation sites is 3. The zero-order valence-electron chi connectivity index (χ0n) is 19.5. The normalized spacial score (nSPS) is 11.1. The Morgan fingerprint density at radius 3 is 2.44 bits per heavy atom. The molecule has 7 heteroatoms. The summed E-state index contributed by atoms with van der Waals surface area (Å²) in [5, 5.41) is 4.91. The predicted molar refractivity (Wildman–Crippen MR) is 145 cm³/mol. The minimum Gasteiger partial charge on any atom is -0.457 e. The van der Waals surface area contributed by atoms with Gasteiger partial charge in [-0.15, -0.1) is 0 Å². The summed E-state index contributed by atoms with van der Waals surface area (Å²) in [5.41, 5.74) is 6.55.